The maximum atomic E-state index is 11.8. The number of carbonyl (C=O) groups excluding carboxylic acids is 1. The molecule has 0 bridgehead atoms. The maximum Gasteiger partial charge on any atom is 0.409 e. The Morgan fingerprint density at radius 1 is 1.39 bits per heavy atom. The number of hydrogen-bond acceptors (Lipinski definition) is 4. The van der Waals surface area contributed by atoms with Gasteiger partial charge in [-0.25, -0.2) is 9.59 Å². The fraction of sp³-hybridized carbons (Fsp3) is 0.375. The average Bonchev–Trinajstić information content (AvgIpc) is 2.87. The van der Waals surface area contributed by atoms with E-state index in [1.807, 2.05) is 6.07 Å². The highest BCUT2D eigenvalue weighted by atomic mass is 16.5. The van der Waals surface area contributed by atoms with Crippen molar-refractivity contribution in [2.45, 2.75) is 19.5 Å². The number of methoxy groups -OCH3 is 1. The van der Waals surface area contributed by atoms with Crippen molar-refractivity contribution in [2.75, 3.05) is 20.2 Å². The van der Waals surface area contributed by atoms with Crippen molar-refractivity contribution in [3.63, 3.8) is 0 Å². The Morgan fingerprint density at radius 3 is 2.83 bits per heavy atom. The summed E-state index contributed by atoms with van der Waals surface area (Å²) in [6, 6.07) is 5.08. The predicted molar refractivity (Wildman–Crippen MR) is 84.5 cm³/mol. The molecule has 3 N–H and O–H groups in total. The van der Waals surface area contributed by atoms with Gasteiger partial charge in [0.25, 0.3) is 0 Å². The topological polar surface area (TPSA) is 97.8 Å². The molecule has 0 radical (unpaired) electrons. The lowest BCUT2D eigenvalue weighted by molar-refractivity contribution is 0.0697. The molecule has 0 saturated heterocycles. The van der Waals surface area contributed by atoms with Crippen molar-refractivity contribution in [1.29, 1.82) is 0 Å². The van der Waals surface area contributed by atoms with E-state index in [-0.39, 0.29) is 11.7 Å². The summed E-state index contributed by atoms with van der Waals surface area (Å²) in [5.74, 6) is -0.965. The highest BCUT2D eigenvalue weighted by Crippen LogP contribution is 2.32. The summed E-state index contributed by atoms with van der Waals surface area (Å²) < 4.78 is 6.93. The fourth-order valence-corrected chi connectivity index (χ4v) is 3.25. The first-order chi connectivity index (χ1) is 11.1. The van der Waals surface area contributed by atoms with Gasteiger partial charge in [-0.1, -0.05) is 0 Å². The van der Waals surface area contributed by atoms with Gasteiger partial charge in [0.2, 0.25) is 0 Å². The summed E-state index contributed by atoms with van der Waals surface area (Å²) in [5.41, 5.74) is 9.01. The zero-order chi connectivity index (χ0) is 16.6. The minimum absolute atomic E-state index is 0.236. The zero-order valence-electron chi connectivity index (χ0n) is 12.9. The van der Waals surface area contributed by atoms with Crippen LogP contribution in [-0.4, -0.2) is 46.8 Å². The Kier molecular flexibility index (Phi) is 3.96. The van der Waals surface area contributed by atoms with E-state index in [0.29, 0.717) is 32.6 Å². The van der Waals surface area contributed by atoms with Crippen molar-refractivity contribution in [1.82, 2.24) is 9.47 Å². The molecule has 3 rings (SSSR count). The standard InChI is InChI=1S/C16H19N3O4/c1-23-16(22)18-6-4-14-12(9-18)11-8-10(15(20)21)2-3-13(11)19(14)7-5-17/h2-3,8H,4-7,9,17H2,1H3,(H,20,21). The molecule has 7 nitrogen and oxygen atoms in total. The van der Waals surface area contributed by atoms with Gasteiger partial charge in [-0.05, 0) is 18.2 Å². The van der Waals surface area contributed by atoms with Gasteiger partial charge in [0.1, 0.15) is 0 Å². The summed E-state index contributed by atoms with van der Waals surface area (Å²) in [4.78, 5) is 24.7. The van der Waals surface area contributed by atoms with Crippen molar-refractivity contribution in [3.05, 3.63) is 35.0 Å². The van der Waals surface area contributed by atoms with Crippen LogP contribution in [0.2, 0.25) is 0 Å². The molecule has 0 unspecified atom stereocenters. The summed E-state index contributed by atoms with van der Waals surface area (Å²) in [5, 5.41) is 10.1. The van der Waals surface area contributed by atoms with Crippen molar-refractivity contribution in [3.8, 4) is 0 Å². The maximum absolute atomic E-state index is 11.8. The molecular weight excluding hydrogens is 298 g/mol. The molecule has 0 fully saturated rings. The molecular formula is C16H19N3O4. The Hall–Kier alpha value is -2.54. The molecule has 1 amide bonds. The first-order valence-electron chi connectivity index (χ1n) is 7.47. The first kappa shape index (κ1) is 15.4. The number of nitrogens with two attached hydrogens (primary N) is 1. The normalized spacial score (nSPS) is 13.9. The van der Waals surface area contributed by atoms with Crippen molar-refractivity contribution >= 4 is 23.0 Å². The molecule has 1 aliphatic heterocycles. The van der Waals surface area contributed by atoms with E-state index in [4.69, 9.17) is 10.5 Å². The van der Waals surface area contributed by atoms with Crippen molar-refractivity contribution < 1.29 is 19.4 Å². The molecule has 23 heavy (non-hydrogen) atoms. The summed E-state index contributed by atoms with van der Waals surface area (Å²) in [7, 11) is 1.36. The lowest BCUT2D eigenvalue weighted by Crippen LogP contribution is -2.36. The summed E-state index contributed by atoms with van der Waals surface area (Å²) in [6.07, 6.45) is 0.325. The Morgan fingerprint density at radius 2 is 2.17 bits per heavy atom. The third-order valence-corrected chi connectivity index (χ3v) is 4.29. The van der Waals surface area contributed by atoms with E-state index in [9.17, 15) is 14.7 Å². The van der Waals surface area contributed by atoms with E-state index in [1.165, 1.54) is 7.11 Å². The number of benzene rings is 1. The highest BCUT2D eigenvalue weighted by Gasteiger charge is 2.27. The van der Waals surface area contributed by atoms with Crippen LogP contribution in [0.4, 0.5) is 4.79 Å². The van der Waals surface area contributed by atoms with Gasteiger partial charge in [0, 0.05) is 48.2 Å². The number of nitrogens with zero attached hydrogens (tertiary/aromatic N) is 2. The predicted octanol–water partition coefficient (Wildman–Crippen LogP) is 1.42. The molecule has 2 aromatic rings. The Labute approximate surface area is 133 Å². The summed E-state index contributed by atoms with van der Waals surface area (Å²) >= 11 is 0. The SMILES string of the molecule is COC(=O)N1CCc2c(c3cc(C(=O)O)ccc3n2CCN)C1. The van der Waals surface area contributed by atoms with Crippen LogP contribution in [0.3, 0.4) is 0 Å². The number of fused-ring (bicyclic) bond motifs is 3. The third kappa shape index (κ3) is 2.53. The van der Waals surface area contributed by atoms with Gasteiger partial charge in [0.15, 0.2) is 0 Å². The number of amides is 1. The second kappa shape index (κ2) is 5.92. The first-order valence-corrected chi connectivity index (χ1v) is 7.47. The number of hydrogen-bond donors (Lipinski definition) is 2. The quantitative estimate of drug-likeness (QED) is 0.892. The van der Waals surface area contributed by atoms with Crippen LogP contribution in [0, 0.1) is 0 Å². The lowest BCUT2D eigenvalue weighted by atomic mass is 10.0. The van der Waals surface area contributed by atoms with Gasteiger partial charge in [0.05, 0.1) is 19.2 Å². The van der Waals surface area contributed by atoms with Crippen LogP contribution in [0.5, 0.6) is 0 Å². The molecule has 0 saturated carbocycles. The number of ether oxygens (including phenoxy) is 1. The number of aromatic carboxylic acids is 1. The van der Waals surface area contributed by atoms with E-state index in [1.54, 1.807) is 17.0 Å². The zero-order valence-corrected chi connectivity index (χ0v) is 12.9. The average molecular weight is 317 g/mol. The van der Waals surface area contributed by atoms with Gasteiger partial charge < -0.3 is 25.0 Å². The van der Waals surface area contributed by atoms with Crippen LogP contribution in [-0.2, 0) is 24.2 Å². The van der Waals surface area contributed by atoms with Crippen LogP contribution in [0.25, 0.3) is 10.9 Å². The molecule has 1 aromatic carbocycles. The number of rotatable bonds is 3. The van der Waals surface area contributed by atoms with E-state index in [0.717, 1.165) is 22.2 Å². The van der Waals surface area contributed by atoms with E-state index >= 15 is 0 Å². The monoisotopic (exact) mass is 317 g/mol. The molecule has 0 aliphatic carbocycles. The van der Waals surface area contributed by atoms with E-state index in [2.05, 4.69) is 4.57 Å². The molecule has 0 atom stereocenters. The van der Waals surface area contributed by atoms with Gasteiger partial charge >= 0.3 is 12.1 Å². The highest BCUT2D eigenvalue weighted by molar-refractivity contribution is 5.95. The lowest BCUT2D eigenvalue weighted by Gasteiger charge is -2.27. The number of aromatic nitrogens is 1. The second-order valence-corrected chi connectivity index (χ2v) is 5.54. The fourth-order valence-electron chi connectivity index (χ4n) is 3.25. The Balaban J connectivity index is 2.15. The van der Waals surface area contributed by atoms with Crippen LogP contribution in [0.1, 0.15) is 21.6 Å². The van der Waals surface area contributed by atoms with Gasteiger partial charge in [-0.2, -0.15) is 0 Å². The molecule has 1 aliphatic rings. The number of carbonyl (C=O) groups is 2. The number of carboxylic acids is 1. The third-order valence-electron chi connectivity index (χ3n) is 4.29. The van der Waals surface area contributed by atoms with Crippen LogP contribution >= 0.6 is 0 Å². The summed E-state index contributed by atoms with van der Waals surface area (Å²) in [6.45, 7) is 2.15. The van der Waals surface area contributed by atoms with E-state index < -0.39 is 5.97 Å². The van der Waals surface area contributed by atoms with Gasteiger partial charge in [-0.3, -0.25) is 0 Å². The second-order valence-electron chi connectivity index (χ2n) is 5.54. The smallest absolute Gasteiger partial charge is 0.409 e. The molecule has 7 heteroatoms. The largest absolute Gasteiger partial charge is 0.478 e. The molecule has 0 spiro atoms. The van der Waals surface area contributed by atoms with Crippen LogP contribution < -0.4 is 5.73 Å². The van der Waals surface area contributed by atoms with Gasteiger partial charge in [-0.15, -0.1) is 0 Å². The Bertz CT molecular complexity index is 781. The minimum Gasteiger partial charge on any atom is -0.478 e. The van der Waals surface area contributed by atoms with Crippen LogP contribution in [0.15, 0.2) is 18.2 Å². The minimum atomic E-state index is -0.965. The van der Waals surface area contributed by atoms with Crippen molar-refractivity contribution in [2.24, 2.45) is 5.73 Å². The molecule has 122 valence electrons. The molecule has 1 aromatic heterocycles. The molecule has 2 heterocycles. The number of carboxylic acid groups (broad SMARTS) is 1.